The van der Waals surface area contributed by atoms with E-state index in [2.05, 4.69) is 6.58 Å². The molecule has 0 unspecified atom stereocenters. The van der Waals surface area contributed by atoms with Gasteiger partial charge in [-0.1, -0.05) is 0 Å². The zero-order valence-corrected chi connectivity index (χ0v) is 15.5. The van der Waals surface area contributed by atoms with E-state index >= 15 is 0 Å². The monoisotopic (exact) mass is 400 g/mol. The first kappa shape index (κ1) is 24.4. The average molecular weight is 401 g/mol. The minimum absolute atomic E-state index is 0. The van der Waals surface area contributed by atoms with E-state index in [-0.39, 0.29) is 33.6 Å². The van der Waals surface area contributed by atoms with Gasteiger partial charge in [-0.25, -0.2) is 36.4 Å². The molecule has 0 heterocycles. The summed E-state index contributed by atoms with van der Waals surface area (Å²) >= 11 is 0. The van der Waals surface area contributed by atoms with Crippen molar-refractivity contribution in [2.75, 3.05) is 0 Å². The van der Waals surface area contributed by atoms with Crippen molar-refractivity contribution in [1.29, 1.82) is 0 Å². The summed E-state index contributed by atoms with van der Waals surface area (Å²) in [7, 11) is 0. The van der Waals surface area contributed by atoms with Crippen LogP contribution in [-0.4, -0.2) is 0 Å². The SMILES string of the molecule is C=C[c-]1cccc1.[Fe+2].[Ni+2].c1cc[cH-]c1.c1cc[cH-]c1.c1cc[cH-]c1. The van der Waals surface area contributed by atoms with E-state index in [1.807, 2.05) is 121 Å². The first-order chi connectivity index (χ1) is 10.9. The summed E-state index contributed by atoms with van der Waals surface area (Å²) in [4.78, 5) is 0. The molecule has 2 heteroatoms. The van der Waals surface area contributed by atoms with E-state index in [4.69, 9.17) is 0 Å². The maximum atomic E-state index is 3.60. The maximum absolute atomic E-state index is 3.60. The topological polar surface area (TPSA) is 0 Å². The van der Waals surface area contributed by atoms with Gasteiger partial charge < -0.3 is 0 Å². The molecule has 0 amide bonds. The molecule has 0 saturated carbocycles. The van der Waals surface area contributed by atoms with Gasteiger partial charge in [0.25, 0.3) is 0 Å². The summed E-state index contributed by atoms with van der Waals surface area (Å²) in [6, 6.07) is 38.0. The van der Waals surface area contributed by atoms with Gasteiger partial charge in [-0.15, -0.1) is 23.8 Å². The normalized spacial score (nSPS) is 7.50. The molecule has 0 radical (unpaired) electrons. The van der Waals surface area contributed by atoms with E-state index < -0.39 is 0 Å². The molecular weight excluding hydrogens is 379 g/mol. The fraction of sp³-hybridized carbons (Fsp3) is 0. The largest absolute Gasteiger partial charge is 2.00 e. The van der Waals surface area contributed by atoms with Crippen molar-refractivity contribution in [2.45, 2.75) is 0 Å². The first-order valence-corrected chi connectivity index (χ1v) is 7.27. The smallest absolute Gasteiger partial charge is 0.214 e. The molecule has 0 aliphatic heterocycles. The summed E-state index contributed by atoms with van der Waals surface area (Å²) in [5.74, 6) is 0. The van der Waals surface area contributed by atoms with Gasteiger partial charge in [-0.2, -0.15) is 73.3 Å². The van der Waals surface area contributed by atoms with Crippen molar-refractivity contribution in [3.05, 3.63) is 127 Å². The summed E-state index contributed by atoms with van der Waals surface area (Å²) in [5, 5.41) is 0. The Morgan fingerprint density at radius 2 is 0.875 bits per heavy atom. The second kappa shape index (κ2) is 19.2. The molecule has 0 aliphatic carbocycles. The van der Waals surface area contributed by atoms with E-state index in [0.717, 1.165) is 0 Å². The summed E-state index contributed by atoms with van der Waals surface area (Å²) in [6.45, 7) is 3.60. The van der Waals surface area contributed by atoms with Crippen molar-refractivity contribution in [3.63, 3.8) is 0 Å². The van der Waals surface area contributed by atoms with Crippen LogP contribution in [0.5, 0.6) is 0 Å². The predicted octanol–water partition coefficient (Wildman–Crippen LogP) is 6.26. The van der Waals surface area contributed by atoms with Crippen molar-refractivity contribution in [2.24, 2.45) is 0 Å². The Labute approximate surface area is 166 Å². The minimum atomic E-state index is 0. The van der Waals surface area contributed by atoms with Gasteiger partial charge in [0, 0.05) is 0 Å². The van der Waals surface area contributed by atoms with Gasteiger partial charge in [0.2, 0.25) is 0 Å². The molecule has 0 bridgehead atoms. The first-order valence-electron chi connectivity index (χ1n) is 7.27. The molecule has 0 N–H and O–H groups in total. The Morgan fingerprint density at radius 3 is 1.00 bits per heavy atom. The van der Waals surface area contributed by atoms with Crippen LogP contribution < -0.4 is 0 Å². The molecular formula is C22H22FeNi. The molecule has 4 aromatic carbocycles. The number of hydrogen-bond donors (Lipinski definition) is 0. The van der Waals surface area contributed by atoms with Crippen molar-refractivity contribution in [3.8, 4) is 0 Å². The van der Waals surface area contributed by atoms with Gasteiger partial charge in [-0.3, -0.25) is 0 Å². The zero-order valence-electron chi connectivity index (χ0n) is 13.4. The van der Waals surface area contributed by atoms with Gasteiger partial charge in [-0.05, 0) is 0 Å². The molecule has 0 aromatic heterocycles. The second-order valence-corrected chi connectivity index (χ2v) is 4.31. The van der Waals surface area contributed by atoms with Crippen LogP contribution in [0, 0.1) is 0 Å². The van der Waals surface area contributed by atoms with Crippen molar-refractivity contribution in [1.82, 2.24) is 0 Å². The fourth-order valence-electron chi connectivity index (χ4n) is 1.49. The quantitative estimate of drug-likeness (QED) is 0.261. The molecule has 4 aromatic rings. The van der Waals surface area contributed by atoms with Crippen LogP contribution in [-0.2, 0) is 33.6 Å². The van der Waals surface area contributed by atoms with E-state index in [0.29, 0.717) is 0 Å². The summed E-state index contributed by atoms with van der Waals surface area (Å²) in [5.41, 5.74) is 1.19. The molecule has 24 heavy (non-hydrogen) atoms. The van der Waals surface area contributed by atoms with Crippen LogP contribution in [0.3, 0.4) is 0 Å². The number of rotatable bonds is 1. The van der Waals surface area contributed by atoms with Crippen LogP contribution in [0.15, 0.2) is 122 Å². The molecule has 0 nitrogen and oxygen atoms in total. The molecule has 0 atom stereocenters. The zero-order chi connectivity index (χ0) is 15.7. The van der Waals surface area contributed by atoms with Gasteiger partial charge in [0.1, 0.15) is 0 Å². The molecule has 0 spiro atoms. The standard InChI is InChI=1S/C7H7.3C5H5.Fe.Ni/c1-2-7-5-3-4-6-7;3*1-2-4-5-3-1;;/h2-6H,1H2;3*1-5H;;/q4*-1;2*+2. The van der Waals surface area contributed by atoms with Crippen molar-refractivity contribution >= 4 is 6.08 Å². The van der Waals surface area contributed by atoms with Gasteiger partial charge in [0.15, 0.2) is 0 Å². The van der Waals surface area contributed by atoms with Crippen molar-refractivity contribution < 1.29 is 33.6 Å². The third-order valence-corrected chi connectivity index (χ3v) is 2.59. The van der Waals surface area contributed by atoms with Crippen LogP contribution in [0.2, 0.25) is 0 Å². The fourth-order valence-corrected chi connectivity index (χ4v) is 1.49. The summed E-state index contributed by atoms with van der Waals surface area (Å²) < 4.78 is 0. The van der Waals surface area contributed by atoms with Crippen LogP contribution in [0.4, 0.5) is 0 Å². The van der Waals surface area contributed by atoms with Crippen LogP contribution >= 0.6 is 0 Å². The van der Waals surface area contributed by atoms with Crippen LogP contribution in [0.1, 0.15) is 5.56 Å². The molecule has 0 fully saturated rings. The van der Waals surface area contributed by atoms with Crippen LogP contribution in [0.25, 0.3) is 6.08 Å². The molecule has 128 valence electrons. The molecule has 0 saturated heterocycles. The molecule has 4 rings (SSSR count). The minimum Gasteiger partial charge on any atom is -0.214 e. The average Bonchev–Trinajstić information content (AvgIpc) is 3.44. The summed E-state index contributed by atoms with van der Waals surface area (Å²) in [6.07, 6.45) is 1.83. The Hall–Kier alpha value is -1.85. The van der Waals surface area contributed by atoms with Gasteiger partial charge in [0.05, 0.1) is 0 Å². The number of hydrogen-bond acceptors (Lipinski definition) is 0. The Balaban J connectivity index is 0. The second-order valence-electron chi connectivity index (χ2n) is 4.31. The third kappa shape index (κ3) is 15.1. The maximum Gasteiger partial charge on any atom is 2.00 e. The van der Waals surface area contributed by atoms with Gasteiger partial charge >= 0.3 is 33.6 Å². The predicted molar refractivity (Wildman–Crippen MR) is 98.2 cm³/mol. The Morgan fingerprint density at radius 1 is 0.583 bits per heavy atom. The van der Waals surface area contributed by atoms with E-state index in [9.17, 15) is 0 Å². The third-order valence-electron chi connectivity index (χ3n) is 2.59. The Kier molecular flexibility index (Phi) is 19.5. The van der Waals surface area contributed by atoms with E-state index in [1.54, 1.807) is 0 Å². The molecule has 0 aliphatic rings. The van der Waals surface area contributed by atoms with E-state index in [1.165, 1.54) is 5.56 Å². The Bertz CT molecular complexity index is 486.